The summed E-state index contributed by atoms with van der Waals surface area (Å²) in [6, 6.07) is 6.86. The molecule has 1 N–H and O–H groups in total. The molecule has 4 nitrogen and oxygen atoms in total. The molecule has 28 heavy (non-hydrogen) atoms. The highest BCUT2D eigenvalue weighted by atomic mass is 35.5. The zero-order valence-corrected chi connectivity index (χ0v) is 20.1. The van der Waals surface area contributed by atoms with E-state index in [0.29, 0.717) is 12.1 Å². The van der Waals surface area contributed by atoms with Crippen molar-refractivity contribution in [1.82, 2.24) is 15.1 Å². The van der Waals surface area contributed by atoms with Gasteiger partial charge in [-0.2, -0.15) is 12.6 Å². The predicted octanol–water partition coefficient (Wildman–Crippen LogP) is 3.98. The standard InChI is InChI=1S/C21H35N3OS.2ClH/c1-5-6-9-19-14-24(12-11-23(19)13-18(15-26)22-4)21(25)20-10-7-8-16(2)17(20)3;;/h7-8,10,18-19,22,26H,5-6,9,11-15H2,1-4H3;2*1H. The van der Waals surface area contributed by atoms with E-state index in [1.54, 1.807) is 0 Å². The van der Waals surface area contributed by atoms with Crippen molar-refractivity contribution >= 4 is 43.4 Å². The minimum Gasteiger partial charge on any atom is -0.336 e. The number of carbonyl (C=O) groups is 1. The quantitative estimate of drug-likeness (QED) is 0.588. The Kier molecular flexibility index (Phi) is 13.5. The second kappa shape index (κ2) is 13.7. The van der Waals surface area contributed by atoms with Crippen LogP contribution in [0.5, 0.6) is 0 Å². The monoisotopic (exact) mass is 449 g/mol. The third kappa shape index (κ3) is 7.10. The van der Waals surface area contributed by atoms with Gasteiger partial charge in [-0.1, -0.05) is 31.9 Å². The van der Waals surface area contributed by atoms with Gasteiger partial charge in [0.1, 0.15) is 0 Å². The molecule has 2 rings (SSSR count). The first-order valence-corrected chi connectivity index (χ1v) is 10.5. The van der Waals surface area contributed by atoms with E-state index in [9.17, 15) is 4.79 Å². The Morgan fingerprint density at radius 2 is 2.00 bits per heavy atom. The number of benzene rings is 1. The van der Waals surface area contributed by atoms with E-state index in [1.807, 2.05) is 19.2 Å². The van der Waals surface area contributed by atoms with Crippen LogP contribution in [0.25, 0.3) is 0 Å². The zero-order chi connectivity index (χ0) is 19.1. The molecule has 1 fully saturated rings. The molecular weight excluding hydrogens is 413 g/mol. The van der Waals surface area contributed by atoms with Gasteiger partial charge in [-0.3, -0.25) is 9.69 Å². The fourth-order valence-corrected chi connectivity index (χ4v) is 4.01. The van der Waals surface area contributed by atoms with Crippen LogP contribution in [0.3, 0.4) is 0 Å². The van der Waals surface area contributed by atoms with Crippen molar-refractivity contribution in [3.63, 3.8) is 0 Å². The van der Waals surface area contributed by atoms with E-state index in [2.05, 4.69) is 54.6 Å². The largest absolute Gasteiger partial charge is 0.336 e. The molecule has 0 saturated carbocycles. The van der Waals surface area contributed by atoms with Crippen molar-refractivity contribution in [2.45, 2.75) is 52.1 Å². The first-order valence-electron chi connectivity index (χ1n) is 9.89. The highest BCUT2D eigenvalue weighted by Gasteiger charge is 2.31. The molecule has 1 amide bonds. The van der Waals surface area contributed by atoms with Gasteiger partial charge in [-0.15, -0.1) is 24.8 Å². The normalized spacial score (nSPS) is 18.2. The third-order valence-corrected chi connectivity index (χ3v) is 6.14. The van der Waals surface area contributed by atoms with Crippen LogP contribution >= 0.6 is 37.4 Å². The fraction of sp³-hybridized carbons (Fsp3) is 0.667. The molecule has 1 saturated heterocycles. The van der Waals surface area contributed by atoms with Gasteiger partial charge in [0, 0.05) is 49.6 Å². The minimum absolute atomic E-state index is 0. The Balaban J connectivity index is 0.00000364. The number of unbranched alkanes of at least 4 members (excludes halogenated alkanes) is 1. The Morgan fingerprint density at radius 3 is 2.61 bits per heavy atom. The van der Waals surface area contributed by atoms with Gasteiger partial charge >= 0.3 is 0 Å². The van der Waals surface area contributed by atoms with E-state index < -0.39 is 0 Å². The lowest BCUT2D eigenvalue weighted by molar-refractivity contribution is 0.0438. The van der Waals surface area contributed by atoms with E-state index in [4.69, 9.17) is 0 Å². The number of nitrogens with zero attached hydrogens (tertiary/aromatic N) is 2. The first-order chi connectivity index (χ1) is 12.5. The predicted molar refractivity (Wildman–Crippen MR) is 128 cm³/mol. The molecule has 1 aliphatic heterocycles. The number of hydrogen-bond donors (Lipinski definition) is 2. The molecule has 7 heteroatoms. The van der Waals surface area contributed by atoms with Crippen LogP contribution in [0.2, 0.25) is 0 Å². The molecule has 162 valence electrons. The molecule has 1 aromatic carbocycles. The number of amides is 1. The smallest absolute Gasteiger partial charge is 0.254 e. The highest BCUT2D eigenvalue weighted by Crippen LogP contribution is 2.20. The summed E-state index contributed by atoms with van der Waals surface area (Å²) in [5.41, 5.74) is 3.15. The van der Waals surface area contributed by atoms with Crippen molar-refractivity contribution in [1.29, 1.82) is 0 Å². The lowest BCUT2D eigenvalue weighted by atomic mass is 10.00. The number of halogens is 2. The first kappa shape index (κ1) is 27.5. The van der Waals surface area contributed by atoms with Gasteiger partial charge in [0.25, 0.3) is 5.91 Å². The maximum absolute atomic E-state index is 13.1. The summed E-state index contributed by atoms with van der Waals surface area (Å²) in [5, 5.41) is 3.35. The van der Waals surface area contributed by atoms with Crippen LogP contribution in [-0.2, 0) is 0 Å². The topological polar surface area (TPSA) is 35.6 Å². The Morgan fingerprint density at radius 1 is 1.29 bits per heavy atom. The number of carbonyl (C=O) groups excluding carboxylic acids is 1. The molecule has 0 bridgehead atoms. The summed E-state index contributed by atoms with van der Waals surface area (Å²) in [6.07, 6.45) is 3.55. The second-order valence-corrected chi connectivity index (χ2v) is 7.82. The van der Waals surface area contributed by atoms with Gasteiger partial charge in [-0.25, -0.2) is 0 Å². The van der Waals surface area contributed by atoms with Gasteiger partial charge in [0.2, 0.25) is 0 Å². The molecule has 0 radical (unpaired) electrons. The second-order valence-electron chi connectivity index (χ2n) is 7.46. The maximum Gasteiger partial charge on any atom is 0.254 e. The van der Waals surface area contributed by atoms with E-state index >= 15 is 0 Å². The van der Waals surface area contributed by atoms with Gasteiger partial charge in [0.05, 0.1) is 0 Å². The number of likely N-dealkylation sites (N-methyl/N-ethyl adjacent to an activating group) is 1. The van der Waals surface area contributed by atoms with Crippen LogP contribution in [0.4, 0.5) is 0 Å². The average molecular weight is 451 g/mol. The number of thiol groups is 1. The van der Waals surface area contributed by atoms with Crippen molar-refractivity contribution < 1.29 is 4.79 Å². The number of nitrogens with one attached hydrogen (secondary N) is 1. The van der Waals surface area contributed by atoms with Gasteiger partial charge < -0.3 is 10.2 Å². The van der Waals surface area contributed by atoms with E-state index in [-0.39, 0.29) is 30.7 Å². The van der Waals surface area contributed by atoms with Crippen LogP contribution in [0.1, 0.15) is 47.7 Å². The van der Waals surface area contributed by atoms with Crippen molar-refractivity contribution in [3.05, 3.63) is 34.9 Å². The molecule has 0 aliphatic carbocycles. The van der Waals surface area contributed by atoms with Crippen molar-refractivity contribution in [2.24, 2.45) is 0 Å². The zero-order valence-electron chi connectivity index (χ0n) is 17.6. The Bertz CT molecular complexity index is 599. The number of piperazine rings is 1. The summed E-state index contributed by atoms with van der Waals surface area (Å²) in [5.74, 6) is 1.02. The number of hydrogen-bond acceptors (Lipinski definition) is 4. The molecule has 2 unspecified atom stereocenters. The molecular formula is C21H37Cl2N3OS. The molecule has 0 aromatic heterocycles. The average Bonchev–Trinajstić information content (AvgIpc) is 2.66. The summed E-state index contributed by atoms with van der Waals surface area (Å²) in [4.78, 5) is 17.7. The molecule has 1 aromatic rings. The van der Waals surface area contributed by atoms with Gasteiger partial charge in [-0.05, 0) is 44.5 Å². The number of aryl methyl sites for hydroxylation is 1. The van der Waals surface area contributed by atoms with Crippen molar-refractivity contribution in [2.75, 3.05) is 39.0 Å². The van der Waals surface area contributed by atoms with Crippen LogP contribution in [0.15, 0.2) is 18.2 Å². The molecule has 2 atom stereocenters. The highest BCUT2D eigenvalue weighted by molar-refractivity contribution is 7.80. The Labute approximate surface area is 189 Å². The van der Waals surface area contributed by atoms with Crippen LogP contribution in [0, 0.1) is 13.8 Å². The van der Waals surface area contributed by atoms with Crippen molar-refractivity contribution in [3.8, 4) is 0 Å². The SMILES string of the molecule is CCCCC1CN(C(=O)c2cccc(C)c2C)CCN1CC(CS)NC.Cl.Cl. The van der Waals surface area contributed by atoms with Crippen LogP contribution in [-0.4, -0.2) is 66.8 Å². The molecule has 1 aliphatic rings. The molecule has 1 heterocycles. The van der Waals surface area contributed by atoms with E-state index in [1.165, 1.54) is 18.4 Å². The summed E-state index contributed by atoms with van der Waals surface area (Å²) >= 11 is 4.46. The maximum atomic E-state index is 13.1. The third-order valence-electron chi connectivity index (χ3n) is 5.70. The summed E-state index contributed by atoms with van der Waals surface area (Å²) < 4.78 is 0. The Hall–Kier alpha value is -0.460. The number of rotatable bonds is 8. The minimum atomic E-state index is 0. The fourth-order valence-electron chi connectivity index (χ4n) is 3.71. The van der Waals surface area contributed by atoms with E-state index in [0.717, 1.165) is 49.5 Å². The lowest BCUT2D eigenvalue weighted by Gasteiger charge is -2.43. The summed E-state index contributed by atoms with van der Waals surface area (Å²) in [7, 11) is 2.00. The summed E-state index contributed by atoms with van der Waals surface area (Å²) in [6.45, 7) is 9.93. The van der Waals surface area contributed by atoms with Gasteiger partial charge in [0.15, 0.2) is 0 Å². The lowest BCUT2D eigenvalue weighted by Crippen LogP contribution is -2.57. The molecule has 0 spiro atoms. The van der Waals surface area contributed by atoms with Crippen LogP contribution < -0.4 is 5.32 Å².